The number of carbonyl (C=O) groups excluding carboxylic acids is 1. The Bertz CT molecular complexity index is 671. The van der Waals surface area contributed by atoms with E-state index in [-0.39, 0.29) is 11.5 Å². The average Bonchev–Trinajstić information content (AvgIpc) is 2.41. The summed E-state index contributed by atoms with van der Waals surface area (Å²) < 4.78 is 0.843. The van der Waals surface area contributed by atoms with Crippen LogP contribution in [0.3, 0.4) is 0 Å². The first-order valence-corrected chi connectivity index (χ1v) is 7.31. The fourth-order valence-corrected chi connectivity index (χ4v) is 2.97. The van der Waals surface area contributed by atoms with Crippen LogP contribution in [0.4, 0.5) is 5.69 Å². The summed E-state index contributed by atoms with van der Waals surface area (Å²) in [5, 5.41) is 10.6. The Labute approximate surface area is 128 Å². The molecule has 0 radical (unpaired) electrons. The molecule has 0 saturated heterocycles. The molecule has 0 aromatic heterocycles. The highest BCUT2D eigenvalue weighted by molar-refractivity contribution is 9.10. The quantitative estimate of drug-likeness (QED) is 0.454. The van der Waals surface area contributed by atoms with E-state index in [2.05, 4.69) is 15.9 Å². The molecule has 2 aromatic rings. The number of ketones is 1. The van der Waals surface area contributed by atoms with Crippen LogP contribution >= 0.6 is 27.7 Å². The Morgan fingerprint density at radius 1 is 1.20 bits per heavy atom. The van der Waals surface area contributed by atoms with Gasteiger partial charge < -0.3 is 0 Å². The van der Waals surface area contributed by atoms with Gasteiger partial charge >= 0.3 is 0 Å². The SMILES string of the molecule is CC(=O)c1cc(Br)ccc1Sc1ccc([N+](=O)[O-])cc1. The molecule has 0 unspecified atom stereocenters. The molecular weight excluding hydrogens is 342 g/mol. The van der Waals surface area contributed by atoms with Gasteiger partial charge in [0.2, 0.25) is 0 Å². The number of carbonyl (C=O) groups is 1. The number of nitrogens with zero attached hydrogens (tertiary/aromatic N) is 1. The van der Waals surface area contributed by atoms with Crippen LogP contribution in [0.2, 0.25) is 0 Å². The average molecular weight is 352 g/mol. The monoisotopic (exact) mass is 351 g/mol. The van der Waals surface area contributed by atoms with Crippen molar-refractivity contribution in [3.8, 4) is 0 Å². The lowest BCUT2D eigenvalue weighted by atomic mass is 10.1. The summed E-state index contributed by atoms with van der Waals surface area (Å²) in [6.45, 7) is 1.52. The van der Waals surface area contributed by atoms with Gasteiger partial charge in [0.25, 0.3) is 5.69 Å². The number of hydrogen-bond acceptors (Lipinski definition) is 4. The van der Waals surface area contributed by atoms with Gasteiger partial charge in [-0.2, -0.15) is 0 Å². The molecule has 6 heteroatoms. The second-order valence-corrected chi connectivity index (χ2v) is 6.08. The van der Waals surface area contributed by atoms with Crippen molar-refractivity contribution in [2.45, 2.75) is 16.7 Å². The van der Waals surface area contributed by atoms with Crippen molar-refractivity contribution in [1.82, 2.24) is 0 Å². The molecule has 2 rings (SSSR count). The predicted molar refractivity (Wildman–Crippen MR) is 81.4 cm³/mol. The number of rotatable bonds is 4. The summed E-state index contributed by atoms with van der Waals surface area (Å²) in [4.78, 5) is 23.5. The smallest absolute Gasteiger partial charge is 0.269 e. The van der Waals surface area contributed by atoms with Gasteiger partial charge in [0.1, 0.15) is 0 Å². The van der Waals surface area contributed by atoms with Crippen LogP contribution in [0.25, 0.3) is 0 Å². The van der Waals surface area contributed by atoms with E-state index in [4.69, 9.17) is 0 Å². The molecule has 0 aliphatic heterocycles. The minimum atomic E-state index is -0.435. The van der Waals surface area contributed by atoms with Crippen molar-refractivity contribution in [3.63, 3.8) is 0 Å². The normalized spacial score (nSPS) is 10.3. The largest absolute Gasteiger partial charge is 0.294 e. The summed E-state index contributed by atoms with van der Waals surface area (Å²) >= 11 is 4.75. The molecule has 0 aliphatic carbocycles. The molecule has 20 heavy (non-hydrogen) atoms. The number of hydrogen-bond donors (Lipinski definition) is 0. The molecule has 0 aliphatic rings. The Kier molecular flexibility index (Phi) is 4.57. The zero-order valence-electron chi connectivity index (χ0n) is 10.5. The number of nitro benzene ring substituents is 1. The maximum Gasteiger partial charge on any atom is 0.269 e. The van der Waals surface area contributed by atoms with Gasteiger partial charge in [-0.25, -0.2) is 0 Å². The van der Waals surface area contributed by atoms with Crippen LogP contribution in [0.15, 0.2) is 56.7 Å². The summed E-state index contributed by atoms with van der Waals surface area (Å²) in [5.41, 5.74) is 0.680. The highest BCUT2D eigenvalue weighted by Crippen LogP contribution is 2.33. The highest BCUT2D eigenvalue weighted by Gasteiger charge is 2.10. The maximum atomic E-state index is 11.6. The maximum absolute atomic E-state index is 11.6. The van der Waals surface area contributed by atoms with Crippen molar-refractivity contribution in [3.05, 3.63) is 62.6 Å². The molecule has 0 amide bonds. The Morgan fingerprint density at radius 2 is 1.85 bits per heavy atom. The third-order valence-corrected chi connectivity index (χ3v) is 4.17. The molecule has 0 atom stereocenters. The first kappa shape index (κ1) is 14.7. The molecule has 0 bridgehead atoms. The fourth-order valence-electron chi connectivity index (χ4n) is 1.63. The van der Waals surface area contributed by atoms with Gasteiger partial charge in [-0.15, -0.1) is 0 Å². The summed E-state index contributed by atoms with van der Waals surface area (Å²) in [5.74, 6) is -0.0179. The Hall–Kier alpha value is -1.66. The topological polar surface area (TPSA) is 60.2 Å². The number of benzene rings is 2. The van der Waals surface area contributed by atoms with Crippen molar-refractivity contribution in [2.75, 3.05) is 0 Å². The van der Waals surface area contributed by atoms with E-state index < -0.39 is 4.92 Å². The fraction of sp³-hybridized carbons (Fsp3) is 0.0714. The zero-order chi connectivity index (χ0) is 14.7. The predicted octanol–water partition coefficient (Wildman–Crippen LogP) is 4.71. The van der Waals surface area contributed by atoms with E-state index in [0.717, 1.165) is 14.3 Å². The van der Waals surface area contributed by atoms with Gasteiger partial charge in [0, 0.05) is 32.0 Å². The molecule has 2 aromatic carbocycles. The highest BCUT2D eigenvalue weighted by atomic mass is 79.9. The lowest BCUT2D eigenvalue weighted by molar-refractivity contribution is -0.384. The van der Waals surface area contributed by atoms with E-state index in [9.17, 15) is 14.9 Å². The van der Waals surface area contributed by atoms with Crippen molar-refractivity contribution in [1.29, 1.82) is 0 Å². The van der Waals surface area contributed by atoms with Gasteiger partial charge in [-0.1, -0.05) is 27.7 Å². The first-order valence-electron chi connectivity index (χ1n) is 5.70. The van der Waals surface area contributed by atoms with E-state index >= 15 is 0 Å². The van der Waals surface area contributed by atoms with Gasteiger partial charge in [-0.3, -0.25) is 14.9 Å². The van der Waals surface area contributed by atoms with Crippen molar-refractivity contribution < 1.29 is 9.72 Å². The van der Waals surface area contributed by atoms with E-state index in [1.807, 2.05) is 12.1 Å². The molecule has 0 N–H and O–H groups in total. The molecule has 4 nitrogen and oxygen atoms in total. The summed E-state index contributed by atoms with van der Waals surface area (Å²) in [7, 11) is 0. The number of Topliss-reactive ketones (excluding diaryl/α,β-unsaturated/α-hetero) is 1. The number of non-ortho nitro benzene ring substituents is 1. The van der Waals surface area contributed by atoms with Crippen LogP contribution in [-0.4, -0.2) is 10.7 Å². The molecule has 0 spiro atoms. The standard InChI is InChI=1S/C14H10BrNO3S/c1-9(17)13-8-10(15)2-7-14(13)20-12-5-3-11(4-6-12)16(18)19/h2-8H,1H3. The first-order chi connectivity index (χ1) is 9.47. The van der Waals surface area contributed by atoms with Crippen LogP contribution in [-0.2, 0) is 0 Å². The van der Waals surface area contributed by atoms with Gasteiger partial charge in [0.05, 0.1) is 4.92 Å². The summed E-state index contributed by atoms with van der Waals surface area (Å²) in [6, 6.07) is 11.7. The molecule has 0 saturated carbocycles. The lowest BCUT2D eigenvalue weighted by Gasteiger charge is -2.07. The molecule has 0 fully saturated rings. The van der Waals surface area contributed by atoms with Crippen LogP contribution < -0.4 is 0 Å². The second-order valence-electron chi connectivity index (χ2n) is 4.05. The lowest BCUT2D eigenvalue weighted by Crippen LogP contribution is -1.95. The molecule has 0 heterocycles. The van der Waals surface area contributed by atoms with E-state index in [1.165, 1.54) is 30.8 Å². The van der Waals surface area contributed by atoms with Crippen LogP contribution in [0.5, 0.6) is 0 Å². The summed E-state index contributed by atoms with van der Waals surface area (Å²) in [6.07, 6.45) is 0. The van der Waals surface area contributed by atoms with E-state index in [1.54, 1.807) is 18.2 Å². The van der Waals surface area contributed by atoms with E-state index in [0.29, 0.717) is 5.56 Å². The van der Waals surface area contributed by atoms with Crippen molar-refractivity contribution >= 4 is 39.2 Å². The molecular formula is C14H10BrNO3S. The number of nitro groups is 1. The van der Waals surface area contributed by atoms with Crippen molar-refractivity contribution in [2.24, 2.45) is 0 Å². The van der Waals surface area contributed by atoms with Crippen LogP contribution in [0, 0.1) is 10.1 Å². The third-order valence-electron chi connectivity index (χ3n) is 2.60. The zero-order valence-corrected chi connectivity index (χ0v) is 12.9. The number of halogens is 1. The minimum Gasteiger partial charge on any atom is -0.294 e. The van der Waals surface area contributed by atoms with Gasteiger partial charge in [-0.05, 0) is 37.3 Å². The Morgan fingerprint density at radius 3 is 2.40 bits per heavy atom. The minimum absolute atomic E-state index is 0.0179. The van der Waals surface area contributed by atoms with Gasteiger partial charge in [0.15, 0.2) is 5.78 Å². The Balaban J connectivity index is 2.30. The van der Waals surface area contributed by atoms with Crippen LogP contribution in [0.1, 0.15) is 17.3 Å². The second kappa shape index (κ2) is 6.19. The third kappa shape index (κ3) is 3.46. The molecule has 102 valence electrons.